The zero-order valence-electron chi connectivity index (χ0n) is 26.5. The molecule has 226 valence electrons. The Hall–Kier alpha value is -0.530. The van der Waals surface area contributed by atoms with Crippen LogP contribution in [0.1, 0.15) is 201 Å². The molecule has 0 heterocycles. The highest BCUT2D eigenvalue weighted by Gasteiger charge is 2.37. The zero-order valence-corrected chi connectivity index (χ0v) is 26.5. The first-order chi connectivity index (χ1) is 18.6. The van der Waals surface area contributed by atoms with Gasteiger partial charge in [0, 0.05) is 6.42 Å². The summed E-state index contributed by atoms with van der Waals surface area (Å²) in [4.78, 5) is 10.8. The summed E-state index contributed by atoms with van der Waals surface area (Å²) in [6.45, 7) is 6.99. The van der Waals surface area contributed by atoms with E-state index in [9.17, 15) is 4.79 Å². The van der Waals surface area contributed by atoms with E-state index in [-0.39, 0.29) is 0 Å². The molecule has 0 aromatic carbocycles. The van der Waals surface area contributed by atoms with Crippen molar-refractivity contribution in [3.8, 4) is 0 Å². The van der Waals surface area contributed by atoms with Crippen molar-refractivity contribution >= 4 is 5.97 Å². The Morgan fingerprint density at radius 1 is 0.474 bits per heavy atom. The fourth-order valence-electron chi connectivity index (χ4n) is 7.54. The molecule has 4 atom stereocenters. The molecule has 0 amide bonds. The summed E-state index contributed by atoms with van der Waals surface area (Å²) in [7, 11) is 0. The smallest absolute Gasteiger partial charge is 0.303 e. The molecule has 1 aliphatic carbocycles. The van der Waals surface area contributed by atoms with Gasteiger partial charge in [-0.25, -0.2) is 0 Å². The Morgan fingerprint density at radius 3 is 1.18 bits per heavy atom. The maximum absolute atomic E-state index is 10.8. The lowest BCUT2D eigenvalue weighted by atomic mass is 9.61. The van der Waals surface area contributed by atoms with Crippen molar-refractivity contribution in [3.63, 3.8) is 0 Å². The van der Waals surface area contributed by atoms with Crippen molar-refractivity contribution in [1.29, 1.82) is 0 Å². The first-order valence-electron chi connectivity index (χ1n) is 17.9. The number of carbonyl (C=O) groups is 1. The quantitative estimate of drug-likeness (QED) is 0.106. The van der Waals surface area contributed by atoms with Crippen molar-refractivity contribution in [2.45, 2.75) is 201 Å². The number of aliphatic carboxylic acids is 1. The van der Waals surface area contributed by atoms with Crippen molar-refractivity contribution < 1.29 is 9.90 Å². The Kier molecular flexibility index (Phi) is 23.8. The molecule has 0 bridgehead atoms. The summed E-state index contributed by atoms with van der Waals surface area (Å²) in [5.41, 5.74) is 0. The second-order valence-electron chi connectivity index (χ2n) is 13.1. The van der Waals surface area contributed by atoms with Gasteiger partial charge in [-0.1, -0.05) is 162 Å². The van der Waals surface area contributed by atoms with E-state index in [2.05, 4.69) is 20.8 Å². The SMILES string of the molecule is CCCCCCCCC1CCC(CCCCCC)C(CCCCCCCC)C1CCCCCCCC(=O)O. The van der Waals surface area contributed by atoms with E-state index in [0.29, 0.717) is 6.42 Å². The normalized spacial score (nSPS) is 21.7. The molecule has 0 spiro atoms. The van der Waals surface area contributed by atoms with Crippen molar-refractivity contribution in [1.82, 2.24) is 0 Å². The molecule has 2 nitrogen and oxygen atoms in total. The zero-order chi connectivity index (χ0) is 27.7. The van der Waals surface area contributed by atoms with Gasteiger partial charge in [-0.15, -0.1) is 0 Å². The van der Waals surface area contributed by atoms with Crippen LogP contribution in [0.25, 0.3) is 0 Å². The molecule has 38 heavy (non-hydrogen) atoms. The van der Waals surface area contributed by atoms with Crippen LogP contribution in [0.3, 0.4) is 0 Å². The third kappa shape index (κ3) is 17.9. The van der Waals surface area contributed by atoms with Crippen LogP contribution in [0.4, 0.5) is 0 Å². The van der Waals surface area contributed by atoms with E-state index in [1.165, 1.54) is 161 Å². The maximum atomic E-state index is 10.8. The largest absolute Gasteiger partial charge is 0.481 e. The lowest BCUT2D eigenvalue weighted by Crippen LogP contribution is -2.35. The fraction of sp³-hybridized carbons (Fsp3) is 0.972. The molecular formula is C36H70O2. The van der Waals surface area contributed by atoms with Crippen molar-refractivity contribution in [2.75, 3.05) is 0 Å². The summed E-state index contributed by atoms with van der Waals surface area (Å²) in [6, 6.07) is 0. The minimum Gasteiger partial charge on any atom is -0.481 e. The molecule has 0 aromatic rings. The highest BCUT2D eigenvalue weighted by molar-refractivity contribution is 5.66. The lowest BCUT2D eigenvalue weighted by molar-refractivity contribution is -0.137. The van der Waals surface area contributed by atoms with Crippen LogP contribution in [0.2, 0.25) is 0 Å². The van der Waals surface area contributed by atoms with Crippen LogP contribution in [-0.4, -0.2) is 11.1 Å². The van der Waals surface area contributed by atoms with Gasteiger partial charge in [0.2, 0.25) is 0 Å². The molecule has 0 aliphatic heterocycles. The summed E-state index contributed by atoms with van der Waals surface area (Å²) in [5.74, 6) is 3.28. The van der Waals surface area contributed by atoms with Crippen molar-refractivity contribution in [2.24, 2.45) is 23.7 Å². The van der Waals surface area contributed by atoms with Gasteiger partial charge in [0.15, 0.2) is 0 Å². The monoisotopic (exact) mass is 535 g/mol. The Bertz CT molecular complexity index is 515. The van der Waals surface area contributed by atoms with Gasteiger partial charge < -0.3 is 5.11 Å². The summed E-state index contributed by atoms with van der Waals surface area (Å²) in [6.07, 6.45) is 38.0. The van der Waals surface area contributed by atoms with Gasteiger partial charge in [0.1, 0.15) is 0 Å². The molecule has 0 radical (unpaired) electrons. The Labute approximate surface area is 239 Å². The molecule has 0 aromatic heterocycles. The molecule has 1 rings (SSSR count). The minimum absolute atomic E-state index is 0.350. The van der Waals surface area contributed by atoms with Gasteiger partial charge in [-0.2, -0.15) is 0 Å². The van der Waals surface area contributed by atoms with Crippen molar-refractivity contribution in [3.05, 3.63) is 0 Å². The number of hydrogen-bond donors (Lipinski definition) is 1. The van der Waals surface area contributed by atoms with Gasteiger partial charge in [0.05, 0.1) is 0 Å². The summed E-state index contributed by atoms with van der Waals surface area (Å²) in [5, 5.41) is 8.92. The van der Waals surface area contributed by atoms with Gasteiger partial charge in [0.25, 0.3) is 0 Å². The average Bonchev–Trinajstić information content (AvgIpc) is 2.91. The second kappa shape index (κ2) is 25.4. The summed E-state index contributed by atoms with van der Waals surface area (Å²) < 4.78 is 0. The van der Waals surface area contributed by atoms with E-state index in [0.717, 1.165) is 36.5 Å². The first kappa shape index (κ1) is 35.5. The van der Waals surface area contributed by atoms with E-state index in [4.69, 9.17) is 5.11 Å². The molecule has 2 heteroatoms. The summed E-state index contributed by atoms with van der Waals surface area (Å²) >= 11 is 0. The number of hydrogen-bond acceptors (Lipinski definition) is 1. The lowest BCUT2D eigenvalue weighted by Gasteiger charge is -2.44. The molecule has 1 saturated carbocycles. The van der Waals surface area contributed by atoms with Gasteiger partial charge >= 0.3 is 5.97 Å². The topological polar surface area (TPSA) is 37.3 Å². The molecule has 1 N–H and O–H groups in total. The first-order valence-corrected chi connectivity index (χ1v) is 17.9. The van der Waals surface area contributed by atoms with E-state index in [1.54, 1.807) is 0 Å². The van der Waals surface area contributed by atoms with Crippen LogP contribution in [-0.2, 0) is 4.79 Å². The molecule has 1 fully saturated rings. The predicted molar refractivity (Wildman–Crippen MR) is 168 cm³/mol. The van der Waals surface area contributed by atoms with Crippen LogP contribution >= 0.6 is 0 Å². The van der Waals surface area contributed by atoms with Crippen LogP contribution in [0.15, 0.2) is 0 Å². The standard InChI is InChI=1S/C36H70O2/c1-4-7-10-13-16-21-26-33-31-30-32(25-20-12-9-6-3)34(27-22-17-14-11-8-5-2)35(33)28-23-18-15-19-24-29-36(37)38/h32-35H,4-31H2,1-3H3,(H,37,38). The highest BCUT2D eigenvalue weighted by atomic mass is 16.4. The average molecular weight is 535 g/mol. The third-order valence-corrected chi connectivity index (χ3v) is 9.85. The van der Waals surface area contributed by atoms with Gasteiger partial charge in [-0.3, -0.25) is 4.79 Å². The van der Waals surface area contributed by atoms with Crippen LogP contribution in [0.5, 0.6) is 0 Å². The Morgan fingerprint density at radius 2 is 0.789 bits per heavy atom. The minimum atomic E-state index is -0.632. The molecule has 4 unspecified atom stereocenters. The Balaban J connectivity index is 2.71. The van der Waals surface area contributed by atoms with Crippen LogP contribution < -0.4 is 0 Å². The van der Waals surface area contributed by atoms with E-state index < -0.39 is 5.97 Å². The van der Waals surface area contributed by atoms with Gasteiger partial charge in [-0.05, 0) is 55.8 Å². The number of unbranched alkanes of at least 4 members (excludes halogenated alkanes) is 17. The third-order valence-electron chi connectivity index (χ3n) is 9.85. The molecule has 1 aliphatic rings. The number of carboxylic acid groups (broad SMARTS) is 1. The maximum Gasteiger partial charge on any atom is 0.303 e. The highest BCUT2D eigenvalue weighted by Crippen LogP contribution is 2.47. The fourth-order valence-corrected chi connectivity index (χ4v) is 7.54. The van der Waals surface area contributed by atoms with E-state index in [1.807, 2.05) is 0 Å². The predicted octanol–water partition coefficient (Wildman–Crippen LogP) is 12.5. The number of rotatable bonds is 27. The second-order valence-corrected chi connectivity index (χ2v) is 13.1. The van der Waals surface area contributed by atoms with Crippen LogP contribution in [0, 0.1) is 23.7 Å². The molecule has 0 saturated heterocycles. The molecular weight excluding hydrogens is 464 g/mol. The van der Waals surface area contributed by atoms with E-state index >= 15 is 0 Å². The number of carboxylic acids is 1.